The molecule has 580 valence electrons. The van der Waals surface area contributed by atoms with Crippen LogP contribution in [0.3, 0.4) is 0 Å². The molecule has 0 rings (SSSR count). The molecule has 0 aliphatic carbocycles. The summed E-state index contributed by atoms with van der Waals surface area (Å²) in [6, 6.07) is 0. The van der Waals surface area contributed by atoms with E-state index in [4.69, 9.17) is 0 Å². The Hall–Kier alpha value is -0.200. The predicted octanol–water partition coefficient (Wildman–Crippen LogP) is 30.1. The Morgan fingerprint density at radius 1 is 0.0842 bits per heavy atom. The van der Waals surface area contributed by atoms with Gasteiger partial charge in [0.1, 0.15) is 0 Å². The van der Waals surface area contributed by atoms with Crippen molar-refractivity contribution >= 4 is 0 Å². The fraction of sp³-hybridized carbons (Fsp3) is 1.00. The Labute approximate surface area is 608 Å². The van der Waals surface area contributed by atoms with E-state index in [1.54, 1.807) is 0 Å². The van der Waals surface area contributed by atoms with E-state index in [0.717, 1.165) is 0 Å². The van der Waals surface area contributed by atoms with Gasteiger partial charge in [-0.3, -0.25) is 0 Å². The molecule has 0 saturated heterocycles. The third-order valence-corrected chi connectivity index (χ3v) is 19.9. The van der Waals surface area contributed by atoms with Crippen molar-refractivity contribution in [1.29, 1.82) is 0 Å². The van der Waals surface area contributed by atoms with Gasteiger partial charge in [0.15, 0.2) is 0 Å². The van der Waals surface area contributed by atoms with E-state index in [1.165, 1.54) is 483 Å². The lowest BCUT2D eigenvalue weighted by atomic mass is 10.1. The average Bonchev–Trinajstić information content (AvgIpc) is 3.81. The standard InChI is InChI=1S/5C18H39N/c5*1-4-7-10-13-16-19(17-14-11-8-5-2)18-15-12-9-6-3/h5*4-18H2,1-3H3. The van der Waals surface area contributed by atoms with Crippen molar-refractivity contribution in [2.45, 2.75) is 489 Å². The molecule has 0 saturated carbocycles. The fourth-order valence-corrected chi connectivity index (χ4v) is 13.1. The van der Waals surface area contributed by atoms with Gasteiger partial charge in [-0.05, 0) is 194 Å². The van der Waals surface area contributed by atoms with E-state index in [1.807, 2.05) is 0 Å². The molecule has 0 N–H and O–H groups in total. The van der Waals surface area contributed by atoms with Crippen LogP contribution in [0.4, 0.5) is 0 Å². The van der Waals surface area contributed by atoms with Crippen molar-refractivity contribution in [2.24, 2.45) is 0 Å². The molecule has 0 amide bonds. The molecule has 0 aromatic heterocycles. The van der Waals surface area contributed by atoms with Gasteiger partial charge >= 0.3 is 0 Å². The van der Waals surface area contributed by atoms with Gasteiger partial charge in [0, 0.05) is 0 Å². The largest absolute Gasteiger partial charge is 0.303 e. The molecule has 0 bridgehead atoms. The fourth-order valence-electron chi connectivity index (χ4n) is 13.1. The first-order valence-electron chi connectivity index (χ1n) is 45.4. The van der Waals surface area contributed by atoms with E-state index < -0.39 is 0 Å². The van der Waals surface area contributed by atoms with Crippen LogP contribution in [0.25, 0.3) is 0 Å². The molecule has 0 aromatic rings. The smallest absolute Gasteiger partial charge is 0.00187 e. The summed E-state index contributed by atoms with van der Waals surface area (Å²) >= 11 is 0. The highest BCUT2D eigenvalue weighted by Crippen LogP contribution is 2.14. The van der Waals surface area contributed by atoms with Gasteiger partial charge in [0.2, 0.25) is 0 Å². The number of rotatable bonds is 75. The number of nitrogens with zero attached hydrogens (tertiary/aromatic N) is 5. The van der Waals surface area contributed by atoms with E-state index in [0.29, 0.717) is 0 Å². The Kier molecular flexibility index (Phi) is 109. The summed E-state index contributed by atoms with van der Waals surface area (Å²) < 4.78 is 0. The summed E-state index contributed by atoms with van der Waals surface area (Å²) in [4.78, 5) is 13.7. The van der Waals surface area contributed by atoms with Crippen molar-refractivity contribution in [3.8, 4) is 0 Å². The molecule has 0 aliphatic rings. The molecule has 0 unspecified atom stereocenters. The summed E-state index contributed by atoms with van der Waals surface area (Å²) in [5.41, 5.74) is 0. The van der Waals surface area contributed by atoms with Crippen molar-refractivity contribution in [1.82, 2.24) is 24.5 Å². The van der Waals surface area contributed by atoms with Gasteiger partial charge in [0.05, 0.1) is 0 Å². The Morgan fingerprint density at radius 2 is 0.147 bits per heavy atom. The van der Waals surface area contributed by atoms with Crippen LogP contribution < -0.4 is 0 Å². The molecule has 0 aliphatic heterocycles. The van der Waals surface area contributed by atoms with Crippen LogP contribution in [0.15, 0.2) is 0 Å². The van der Waals surface area contributed by atoms with Crippen molar-refractivity contribution in [2.75, 3.05) is 98.2 Å². The van der Waals surface area contributed by atoms with Gasteiger partial charge < -0.3 is 24.5 Å². The number of hydrogen-bond acceptors (Lipinski definition) is 5. The maximum Gasteiger partial charge on any atom is -0.00187 e. The third-order valence-electron chi connectivity index (χ3n) is 19.9. The zero-order valence-corrected chi connectivity index (χ0v) is 70.3. The van der Waals surface area contributed by atoms with Crippen LogP contribution >= 0.6 is 0 Å². The van der Waals surface area contributed by atoms with Crippen molar-refractivity contribution in [3.63, 3.8) is 0 Å². The highest BCUT2D eigenvalue weighted by atomic mass is 15.1. The van der Waals surface area contributed by atoms with Gasteiger partial charge in [0.25, 0.3) is 0 Å². The van der Waals surface area contributed by atoms with Gasteiger partial charge in [-0.2, -0.15) is 0 Å². The predicted molar refractivity (Wildman–Crippen MR) is 444 cm³/mol. The zero-order valence-electron chi connectivity index (χ0n) is 70.3. The van der Waals surface area contributed by atoms with Crippen molar-refractivity contribution in [3.05, 3.63) is 0 Å². The molecule has 5 nitrogen and oxygen atoms in total. The lowest BCUT2D eigenvalue weighted by Crippen LogP contribution is -2.27. The van der Waals surface area contributed by atoms with Crippen LogP contribution in [0.5, 0.6) is 0 Å². The van der Waals surface area contributed by atoms with E-state index in [-0.39, 0.29) is 0 Å². The van der Waals surface area contributed by atoms with Crippen molar-refractivity contribution < 1.29 is 0 Å². The first-order valence-corrected chi connectivity index (χ1v) is 45.4. The first kappa shape index (κ1) is 103. The van der Waals surface area contributed by atoms with Gasteiger partial charge in [-0.25, -0.2) is 0 Å². The molecule has 0 atom stereocenters. The second-order valence-electron chi connectivity index (χ2n) is 30.1. The highest BCUT2D eigenvalue weighted by molar-refractivity contribution is 4.65. The molecule has 0 fully saturated rings. The lowest BCUT2D eigenvalue weighted by Gasteiger charge is -2.22. The summed E-state index contributed by atoms with van der Waals surface area (Å²) in [6.07, 6.45) is 84.1. The van der Waals surface area contributed by atoms with Gasteiger partial charge in [-0.15, -0.1) is 0 Å². The molecule has 0 spiro atoms. The van der Waals surface area contributed by atoms with E-state index in [9.17, 15) is 0 Å². The Bertz CT molecular complexity index is 845. The normalized spacial score (nSPS) is 11.4. The SMILES string of the molecule is CCCCCCN(CCCCCC)CCCCCC.CCCCCCN(CCCCCC)CCCCCC.CCCCCCN(CCCCCC)CCCCCC.CCCCCCN(CCCCCC)CCCCCC.CCCCCCN(CCCCCC)CCCCCC. The monoisotopic (exact) mass is 1350 g/mol. The summed E-state index contributed by atoms with van der Waals surface area (Å²) in [5, 5.41) is 0. The van der Waals surface area contributed by atoms with Crippen LogP contribution in [-0.2, 0) is 0 Å². The molecule has 95 heavy (non-hydrogen) atoms. The second kappa shape index (κ2) is 100. The quantitative estimate of drug-likeness (QED) is 0.0563. The molecular formula is C90H195N5. The topological polar surface area (TPSA) is 16.2 Å². The third kappa shape index (κ3) is 98.0. The minimum Gasteiger partial charge on any atom is -0.303 e. The summed E-state index contributed by atoms with van der Waals surface area (Å²) in [5.74, 6) is 0. The molecular weight excluding hydrogens is 1150 g/mol. The maximum absolute atomic E-state index is 2.74. The lowest BCUT2D eigenvalue weighted by molar-refractivity contribution is 0.255. The van der Waals surface area contributed by atoms with Crippen LogP contribution in [0, 0.1) is 0 Å². The molecule has 0 aromatic carbocycles. The Morgan fingerprint density at radius 3 is 0.200 bits per heavy atom. The first-order chi connectivity index (χ1) is 46.7. The average molecular weight is 1350 g/mol. The molecule has 0 radical (unpaired) electrons. The van der Waals surface area contributed by atoms with E-state index in [2.05, 4.69) is 128 Å². The van der Waals surface area contributed by atoms with Gasteiger partial charge in [-0.1, -0.05) is 393 Å². The Balaban J connectivity index is -0.000000355. The maximum atomic E-state index is 2.74. The minimum absolute atomic E-state index is 1.35. The number of hydrogen-bond donors (Lipinski definition) is 0. The zero-order chi connectivity index (χ0) is 70.9. The number of unbranched alkanes of at least 4 members (excludes halogenated alkanes) is 45. The summed E-state index contributed by atoms with van der Waals surface area (Å²) in [7, 11) is 0. The molecule has 5 heteroatoms. The van der Waals surface area contributed by atoms with Crippen LogP contribution in [0.1, 0.15) is 489 Å². The van der Waals surface area contributed by atoms with Crippen LogP contribution in [0.2, 0.25) is 0 Å². The summed E-state index contributed by atoms with van der Waals surface area (Å²) in [6.45, 7) is 54.7. The van der Waals surface area contributed by atoms with Crippen LogP contribution in [-0.4, -0.2) is 123 Å². The highest BCUT2D eigenvalue weighted by Gasteiger charge is 2.09. The van der Waals surface area contributed by atoms with E-state index >= 15 is 0 Å². The minimum atomic E-state index is 1.35. The molecule has 0 heterocycles. The second-order valence-corrected chi connectivity index (χ2v) is 30.1.